The zero-order valence-electron chi connectivity index (χ0n) is 18.1. The molecule has 32 heavy (non-hydrogen) atoms. The van der Waals surface area contributed by atoms with Crippen molar-refractivity contribution in [1.29, 1.82) is 0 Å². The van der Waals surface area contributed by atoms with Crippen LogP contribution in [0.3, 0.4) is 0 Å². The first-order valence-corrected chi connectivity index (χ1v) is 11.6. The summed E-state index contributed by atoms with van der Waals surface area (Å²) in [5.74, 6) is 0.405. The molecule has 0 unspecified atom stereocenters. The smallest absolute Gasteiger partial charge is 0.294 e. The Kier molecular flexibility index (Phi) is 5.88. The molecule has 3 heterocycles. The van der Waals surface area contributed by atoms with E-state index >= 15 is 0 Å². The highest BCUT2D eigenvalue weighted by Crippen LogP contribution is 2.31. The van der Waals surface area contributed by atoms with Crippen molar-refractivity contribution in [3.05, 3.63) is 54.0 Å². The van der Waals surface area contributed by atoms with Gasteiger partial charge in [0, 0.05) is 42.6 Å². The van der Waals surface area contributed by atoms with Crippen LogP contribution in [0.4, 0.5) is 5.69 Å². The number of nitrogens with one attached hydrogen (secondary N) is 1. The summed E-state index contributed by atoms with van der Waals surface area (Å²) in [5, 5.41) is 7.96. The molecule has 7 heteroatoms. The first-order valence-electron chi connectivity index (χ1n) is 11.6. The molecule has 1 saturated heterocycles. The van der Waals surface area contributed by atoms with Gasteiger partial charge in [-0.3, -0.25) is 14.6 Å². The molecular formula is C25H28N4O3. The zero-order valence-corrected chi connectivity index (χ0v) is 18.1. The van der Waals surface area contributed by atoms with Crippen molar-refractivity contribution < 1.29 is 14.1 Å². The van der Waals surface area contributed by atoms with Crippen LogP contribution in [0, 0.1) is 5.92 Å². The standard InChI is InChI=1S/C25H28N4O3/c30-24(27-21-12-4-11-20-19(21)10-5-13-26-20)23-15-22(28-32-23)18-9-6-14-29(16-18)25(31)17-7-2-1-3-8-17/h4-5,10-13,15,17-18H,1-3,6-9,14,16H2,(H,27,30)/t18-/m1/s1. The monoisotopic (exact) mass is 432 g/mol. The molecule has 2 aliphatic rings. The van der Waals surface area contributed by atoms with Crippen LogP contribution in [-0.2, 0) is 4.79 Å². The predicted molar refractivity (Wildman–Crippen MR) is 121 cm³/mol. The first kappa shape index (κ1) is 20.7. The molecule has 0 spiro atoms. The molecule has 1 atom stereocenters. The van der Waals surface area contributed by atoms with Gasteiger partial charge in [-0.2, -0.15) is 0 Å². The van der Waals surface area contributed by atoms with Crippen LogP contribution >= 0.6 is 0 Å². The Labute approximate surface area is 187 Å². The molecule has 166 valence electrons. The van der Waals surface area contributed by atoms with Crippen LogP contribution in [0.1, 0.15) is 67.1 Å². The molecule has 0 bridgehead atoms. The SMILES string of the molecule is O=C(Nc1cccc2ncccc12)c1cc([C@@H]2CCCN(C(=O)C3CCCCC3)C2)no1. The molecule has 1 aliphatic heterocycles. The molecule has 2 amide bonds. The number of pyridine rings is 1. The van der Waals surface area contributed by atoms with Crippen molar-refractivity contribution in [3.8, 4) is 0 Å². The number of fused-ring (bicyclic) bond motifs is 1. The maximum absolute atomic E-state index is 13.0. The third-order valence-corrected chi connectivity index (χ3v) is 6.75. The average molecular weight is 433 g/mol. The van der Waals surface area contributed by atoms with E-state index in [9.17, 15) is 9.59 Å². The van der Waals surface area contributed by atoms with Gasteiger partial charge in [-0.05, 0) is 49.9 Å². The average Bonchev–Trinajstić information content (AvgIpc) is 3.35. The Morgan fingerprint density at radius 2 is 1.91 bits per heavy atom. The van der Waals surface area contributed by atoms with E-state index in [1.165, 1.54) is 6.42 Å². The molecule has 2 aromatic heterocycles. The lowest BCUT2D eigenvalue weighted by molar-refractivity contribution is -0.137. The van der Waals surface area contributed by atoms with Gasteiger partial charge in [0.05, 0.1) is 16.9 Å². The van der Waals surface area contributed by atoms with E-state index in [1.54, 1.807) is 12.3 Å². The fourth-order valence-electron chi connectivity index (χ4n) is 5.01. The number of likely N-dealkylation sites (tertiary alicyclic amines) is 1. The minimum atomic E-state index is -0.342. The van der Waals surface area contributed by atoms with Gasteiger partial charge in [-0.25, -0.2) is 0 Å². The molecule has 0 radical (unpaired) electrons. The number of piperidine rings is 1. The van der Waals surface area contributed by atoms with E-state index in [2.05, 4.69) is 15.5 Å². The van der Waals surface area contributed by atoms with Gasteiger partial charge in [0.25, 0.3) is 5.91 Å². The summed E-state index contributed by atoms with van der Waals surface area (Å²) < 4.78 is 5.39. The van der Waals surface area contributed by atoms with Crippen LogP contribution in [0.2, 0.25) is 0 Å². The first-order chi connectivity index (χ1) is 15.7. The number of nitrogens with zero attached hydrogens (tertiary/aromatic N) is 3. The van der Waals surface area contributed by atoms with E-state index in [0.717, 1.165) is 61.7 Å². The van der Waals surface area contributed by atoms with Crippen molar-refractivity contribution in [3.63, 3.8) is 0 Å². The summed E-state index contributed by atoms with van der Waals surface area (Å²) in [5.41, 5.74) is 2.24. The summed E-state index contributed by atoms with van der Waals surface area (Å²) in [4.78, 5) is 32.1. The Hall–Kier alpha value is -3.22. The van der Waals surface area contributed by atoms with Gasteiger partial charge in [0.1, 0.15) is 0 Å². The topological polar surface area (TPSA) is 88.3 Å². The van der Waals surface area contributed by atoms with E-state index in [0.29, 0.717) is 18.1 Å². The van der Waals surface area contributed by atoms with Gasteiger partial charge in [-0.15, -0.1) is 0 Å². The number of amides is 2. The number of rotatable bonds is 4. The fraction of sp³-hybridized carbons (Fsp3) is 0.440. The lowest BCUT2D eigenvalue weighted by Gasteiger charge is -2.35. The second-order valence-corrected chi connectivity index (χ2v) is 8.90. The van der Waals surface area contributed by atoms with Crippen molar-refractivity contribution in [2.24, 2.45) is 5.92 Å². The number of carbonyl (C=O) groups excluding carboxylic acids is 2. The normalized spacial score (nSPS) is 19.8. The summed E-state index contributed by atoms with van der Waals surface area (Å²) in [6.45, 7) is 1.46. The van der Waals surface area contributed by atoms with Crippen molar-refractivity contribution in [2.45, 2.75) is 50.9 Å². The fourth-order valence-corrected chi connectivity index (χ4v) is 5.01. The molecule has 1 aromatic carbocycles. The largest absolute Gasteiger partial charge is 0.351 e. The highest BCUT2D eigenvalue weighted by molar-refractivity contribution is 6.07. The third-order valence-electron chi connectivity index (χ3n) is 6.75. The molecule has 1 aliphatic carbocycles. The predicted octanol–water partition coefficient (Wildman–Crippen LogP) is 4.76. The number of carbonyl (C=O) groups is 2. The highest BCUT2D eigenvalue weighted by atomic mass is 16.5. The van der Waals surface area contributed by atoms with Crippen LogP contribution in [0.15, 0.2) is 47.1 Å². The number of hydrogen-bond acceptors (Lipinski definition) is 5. The zero-order chi connectivity index (χ0) is 21.9. The quantitative estimate of drug-likeness (QED) is 0.642. The highest BCUT2D eigenvalue weighted by Gasteiger charge is 2.31. The van der Waals surface area contributed by atoms with Gasteiger partial charge in [-0.1, -0.05) is 30.5 Å². The van der Waals surface area contributed by atoms with E-state index < -0.39 is 0 Å². The summed E-state index contributed by atoms with van der Waals surface area (Å²) in [6, 6.07) is 11.1. The number of benzene rings is 1. The molecule has 1 saturated carbocycles. The van der Waals surface area contributed by atoms with Crippen LogP contribution in [0.5, 0.6) is 0 Å². The van der Waals surface area contributed by atoms with Gasteiger partial charge < -0.3 is 14.7 Å². The lowest BCUT2D eigenvalue weighted by atomic mass is 9.87. The van der Waals surface area contributed by atoms with Gasteiger partial charge in [0.15, 0.2) is 0 Å². The van der Waals surface area contributed by atoms with Crippen LogP contribution in [0.25, 0.3) is 10.9 Å². The number of aromatic nitrogens is 2. The van der Waals surface area contributed by atoms with Gasteiger partial charge in [0.2, 0.25) is 11.7 Å². The van der Waals surface area contributed by atoms with E-state index in [-0.39, 0.29) is 23.5 Å². The van der Waals surface area contributed by atoms with Crippen molar-refractivity contribution >= 4 is 28.4 Å². The summed E-state index contributed by atoms with van der Waals surface area (Å²) in [6.07, 6.45) is 9.19. The second-order valence-electron chi connectivity index (χ2n) is 8.90. The number of anilines is 1. The number of hydrogen-bond donors (Lipinski definition) is 1. The van der Waals surface area contributed by atoms with Gasteiger partial charge >= 0.3 is 0 Å². The minimum absolute atomic E-state index is 0.100. The van der Waals surface area contributed by atoms with Crippen LogP contribution in [-0.4, -0.2) is 39.9 Å². The maximum atomic E-state index is 13.0. The summed E-state index contributed by atoms with van der Waals surface area (Å²) >= 11 is 0. The van der Waals surface area contributed by atoms with Crippen molar-refractivity contribution in [1.82, 2.24) is 15.0 Å². The summed E-state index contributed by atoms with van der Waals surface area (Å²) in [7, 11) is 0. The molecule has 2 fully saturated rings. The second kappa shape index (κ2) is 9.10. The Morgan fingerprint density at radius 1 is 1.03 bits per heavy atom. The Balaban J connectivity index is 1.26. The van der Waals surface area contributed by atoms with E-state index in [1.807, 2.05) is 35.2 Å². The van der Waals surface area contributed by atoms with E-state index in [4.69, 9.17) is 4.52 Å². The van der Waals surface area contributed by atoms with Crippen molar-refractivity contribution in [2.75, 3.05) is 18.4 Å². The molecular weight excluding hydrogens is 404 g/mol. The minimum Gasteiger partial charge on any atom is -0.351 e. The maximum Gasteiger partial charge on any atom is 0.294 e. The third kappa shape index (κ3) is 4.24. The van der Waals surface area contributed by atoms with Crippen LogP contribution < -0.4 is 5.32 Å². The molecule has 3 aromatic rings. The lowest BCUT2D eigenvalue weighted by Crippen LogP contribution is -2.42. The molecule has 1 N–H and O–H groups in total. The Morgan fingerprint density at radius 3 is 2.78 bits per heavy atom. The molecule has 5 rings (SSSR count). The Bertz CT molecular complexity index is 1110. The molecule has 7 nitrogen and oxygen atoms in total.